The van der Waals surface area contributed by atoms with Crippen molar-refractivity contribution in [3.63, 3.8) is 0 Å². The molecule has 0 saturated heterocycles. The predicted octanol–water partition coefficient (Wildman–Crippen LogP) is 2.82. The molecule has 0 saturated carbocycles. The van der Waals surface area contributed by atoms with Gasteiger partial charge in [-0.3, -0.25) is 4.79 Å². The quantitative estimate of drug-likeness (QED) is 0.664. The van der Waals surface area contributed by atoms with Crippen molar-refractivity contribution in [3.05, 3.63) is 59.2 Å². The maximum absolute atomic E-state index is 12.3. The van der Waals surface area contributed by atoms with Crippen LogP contribution in [0.1, 0.15) is 21.5 Å². The molecule has 2 rings (SSSR count). The van der Waals surface area contributed by atoms with E-state index in [2.05, 4.69) is 0 Å². The smallest absolute Gasteiger partial charge is 0.193 e. The molecule has 0 radical (unpaired) electrons. The Morgan fingerprint density at radius 3 is 2.56 bits per heavy atom. The summed E-state index contributed by atoms with van der Waals surface area (Å²) in [5.41, 5.74) is 8.43. The van der Waals surface area contributed by atoms with Crippen LogP contribution in [0.5, 0.6) is 5.75 Å². The highest BCUT2D eigenvalue weighted by molar-refractivity contribution is 6.10. The average molecular weight is 241 g/mol. The molecular formula is C15H15NO2. The largest absolute Gasteiger partial charge is 0.497 e. The normalized spacial score (nSPS) is 10.1. The maximum atomic E-state index is 12.3. The van der Waals surface area contributed by atoms with E-state index >= 15 is 0 Å². The van der Waals surface area contributed by atoms with Crippen LogP contribution in [0.4, 0.5) is 5.69 Å². The Labute approximate surface area is 106 Å². The molecule has 0 spiro atoms. The van der Waals surface area contributed by atoms with Crippen molar-refractivity contribution in [3.8, 4) is 5.75 Å². The van der Waals surface area contributed by atoms with Gasteiger partial charge in [0, 0.05) is 16.8 Å². The van der Waals surface area contributed by atoms with Crippen LogP contribution in [0.25, 0.3) is 0 Å². The molecule has 0 aliphatic heterocycles. The molecule has 0 bridgehead atoms. The minimum atomic E-state index is -0.0255. The summed E-state index contributed by atoms with van der Waals surface area (Å²) in [4.78, 5) is 12.3. The van der Waals surface area contributed by atoms with Crippen LogP contribution >= 0.6 is 0 Å². The van der Waals surface area contributed by atoms with E-state index in [-0.39, 0.29) is 5.78 Å². The minimum absolute atomic E-state index is 0.0255. The molecule has 2 aromatic rings. The molecule has 2 N–H and O–H groups in total. The van der Waals surface area contributed by atoms with Crippen molar-refractivity contribution in [2.45, 2.75) is 6.92 Å². The van der Waals surface area contributed by atoms with Gasteiger partial charge in [0.15, 0.2) is 5.78 Å². The van der Waals surface area contributed by atoms with Crippen molar-refractivity contribution in [1.82, 2.24) is 0 Å². The van der Waals surface area contributed by atoms with Gasteiger partial charge in [-0.1, -0.05) is 12.1 Å². The second-order valence-electron chi connectivity index (χ2n) is 4.14. The first-order valence-electron chi connectivity index (χ1n) is 5.66. The van der Waals surface area contributed by atoms with Crippen molar-refractivity contribution in [2.24, 2.45) is 0 Å². The molecule has 0 aromatic heterocycles. The number of hydrogen-bond acceptors (Lipinski definition) is 3. The average Bonchev–Trinajstić information content (AvgIpc) is 2.37. The number of nitrogen functional groups attached to an aromatic ring is 1. The first-order chi connectivity index (χ1) is 8.61. The lowest BCUT2D eigenvalue weighted by molar-refractivity contribution is 0.103. The summed E-state index contributed by atoms with van der Waals surface area (Å²) in [6, 6.07) is 12.4. The van der Waals surface area contributed by atoms with Gasteiger partial charge in [0.2, 0.25) is 0 Å². The summed E-state index contributed by atoms with van der Waals surface area (Å²) in [5.74, 6) is 0.721. The first-order valence-corrected chi connectivity index (χ1v) is 5.66. The molecule has 0 fully saturated rings. The van der Waals surface area contributed by atoms with Crippen LogP contribution in [-0.2, 0) is 0 Å². The fourth-order valence-electron chi connectivity index (χ4n) is 1.85. The van der Waals surface area contributed by atoms with Gasteiger partial charge >= 0.3 is 0 Å². The molecule has 0 aliphatic carbocycles. The predicted molar refractivity (Wildman–Crippen MR) is 72.0 cm³/mol. The summed E-state index contributed by atoms with van der Waals surface area (Å²) in [5, 5.41) is 0. The van der Waals surface area contributed by atoms with Gasteiger partial charge in [0.25, 0.3) is 0 Å². The third-order valence-electron chi connectivity index (χ3n) is 2.83. The molecule has 0 unspecified atom stereocenters. The van der Waals surface area contributed by atoms with E-state index in [1.165, 1.54) is 0 Å². The van der Waals surface area contributed by atoms with E-state index in [4.69, 9.17) is 10.5 Å². The monoisotopic (exact) mass is 241 g/mol. The van der Waals surface area contributed by atoms with Gasteiger partial charge in [0.05, 0.1) is 7.11 Å². The van der Waals surface area contributed by atoms with E-state index in [0.29, 0.717) is 16.8 Å². The van der Waals surface area contributed by atoms with Gasteiger partial charge in [-0.25, -0.2) is 0 Å². The number of anilines is 1. The Hall–Kier alpha value is -2.29. The fourth-order valence-corrected chi connectivity index (χ4v) is 1.85. The van der Waals surface area contributed by atoms with Crippen molar-refractivity contribution in [1.29, 1.82) is 0 Å². The number of carbonyl (C=O) groups is 1. The standard InChI is InChI=1S/C15H15NO2/c1-10-8-13(18-2)6-7-14(10)15(17)11-4-3-5-12(16)9-11/h3-9H,16H2,1-2H3. The van der Waals surface area contributed by atoms with Crippen LogP contribution in [0.3, 0.4) is 0 Å². The van der Waals surface area contributed by atoms with Crippen molar-refractivity contribution < 1.29 is 9.53 Å². The Kier molecular flexibility index (Phi) is 3.33. The zero-order valence-corrected chi connectivity index (χ0v) is 10.4. The summed E-state index contributed by atoms with van der Waals surface area (Å²) in [6.45, 7) is 1.89. The SMILES string of the molecule is COc1ccc(C(=O)c2cccc(N)c2)c(C)c1. The number of ketones is 1. The number of rotatable bonds is 3. The molecule has 3 nitrogen and oxygen atoms in total. The summed E-state index contributed by atoms with van der Waals surface area (Å²) < 4.78 is 5.12. The third-order valence-corrected chi connectivity index (χ3v) is 2.83. The third kappa shape index (κ3) is 2.35. The number of benzene rings is 2. The maximum Gasteiger partial charge on any atom is 0.193 e. The van der Waals surface area contributed by atoms with Crippen LogP contribution in [0.15, 0.2) is 42.5 Å². The second kappa shape index (κ2) is 4.92. The summed E-state index contributed by atoms with van der Waals surface area (Å²) >= 11 is 0. The Balaban J connectivity index is 2.40. The highest BCUT2D eigenvalue weighted by Gasteiger charge is 2.12. The molecule has 0 atom stereocenters. The van der Waals surface area contributed by atoms with Gasteiger partial charge in [-0.15, -0.1) is 0 Å². The Bertz CT molecular complexity index is 591. The van der Waals surface area contributed by atoms with Crippen LogP contribution < -0.4 is 10.5 Å². The Morgan fingerprint density at radius 2 is 1.94 bits per heavy atom. The first kappa shape index (κ1) is 12.2. The minimum Gasteiger partial charge on any atom is -0.497 e. The number of nitrogens with two attached hydrogens (primary N) is 1. The van der Waals surface area contributed by atoms with Gasteiger partial charge in [-0.05, 0) is 42.8 Å². The molecule has 0 aliphatic rings. The van der Waals surface area contributed by atoms with E-state index in [1.54, 1.807) is 43.5 Å². The molecule has 0 amide bonds. The number of methoxy groups -OCH3 is 1. The second-order valence-corrected chi connectivity index (χ2v) is 4.14. The topological polar surface area (TPSA) is 52.3 Å². The van der Waals surface area contributed by atoms with E-state index in [0.717, 1.165) is 11.3 Å². The summed E-state index contributed by atoms with van der Waals surface area (Å²) in [6.07, 6.45) is 0. The lowest BCUT2D eigenvalue weighted by Gasteiger charge is -2.07. The molecule has 18 heavy (non-hydrogen) atoms. The fraction of sp³-hybridized carbons (Fsp3) is 0.133. The van der Waals surface area contributed by atoms with E-state index in [1.807, 2.05) is 13.0 Å². The van der Waals surface area contributed by atoms with Gasteiger partial charge < -0.3 is 10.5 Å². The number of ether oxygens (including phenoxy) is 1. The molecule has 0 heterocycles. The van der Waals surface area contributed by atoms with Crippen LogP contribution in [-0.4, -0.2) is 12.9 Å². The zero-order valence-electron chi connectivity index (χ0n) is 10.4. The van der Waals surface area contributed by atoms with E-state index in [9.17, 15) is 4.79 Å². The van der Waals surface area contributed by atoms with Crippen molar-refractivity contribution >= 4 is 11.5 Å². The number of carbonyl (C=O) groups excluding carboxylic acids is 1. The highest BCUT2D eigenvalue weighted by atomic mass is 16.5. The van der Waals surface area contributed by atoms with Crippen LogP contribution in [0, 0.1) is 6.92 Å². The van der Waals surface area contributed by atoms with Crippen LogP contribution in [0.2, 0.25) is 0 Å². The van der Waals surface area contributed by atoms with E-state index < -0.39 is 0 Å². The van der Waals surface area contributed by atoms with Crippen molar-refractivity contribution in [2.75, 3.05) is 12.8 Å². The number of aryl methyl sites for hydroxylation is 1. The molecular weight excluding hydrogens is 226 g/mol. The molecule has 92 valence electrons. The number of hydrogen-bond donors (Lipinski definition) is 1. The zero-order chi connectivity index (χ0) is 13.1. The molecule has 3 heteroatoms. The lowest BCUT2D eigenvalue weighted by Crippen LogP contribution is -2.04. The Morgan fingerprint density at radius 1 is 1.17 bits per heavy atom. The van der Waals surface area contributed by atoms with Gasteiger partial charge in [-0.2, -0.15) is 0 Å². The highest BCUT2D eigenvalue weighted by Crippen LogP contribution is 2.20. The summed E-state index contributed by atoms with van der Waals surface area (Å²) in [7, 11) is 1.61. The lowest BCUT2D eigenvalue weighted by atomic mass is 9.98. The van der Waals surface area contributed by atoms with Gasteiger partial charge in [0.1, 0.15) is 5.75 Å². The molecule has 2 aromatic carbocycles.